The van der Waals surface area contributed by atoms with Crippen LogP contribution in [0.3, 0.4) is 0 Å². The van der Waals surface area contributed by atoms with Gasteiger partial charge in [-0.1, -0.05) is 0 Å². The monoisotopic (exact) mass is 283 g/mol. The average Bonchev–Trinajstić information content (AvgIpc) is 2.91. The molecule has 7 nitrogen and oxygen atoms in total. The van der Waals surface area contributed by atoms with Crippen LogP contribution in [0.15, 0.2) is 17.3 Å². The number of nitrogens with one attached hydrogen (secondary N) is 1. The van der Waals surface area contributed by atoms with Crippen molar-refractivity contribution in [3.63, 3.8) is 0 Å². The molecule has 0 aliphatic carbocycles. The van der Waals surface area contributed by atoms with Crippen molar-refractivity contribution in [1.82, 2.24) is 19.6 Å². The van der Waals surface area contributed by atoms with Crippen LogP contribution in [0, 0.1) is 13.8 Å². The minimum atomic E-state index is -3.63. The van der Waals surface area contributed by atoms with Gasteiger partial charge in [-0.3, -0.25) is 14.1 Å². The fourth-order valence-electron chi connectivity index (χ4n) is 1.75. The molecule has 104 valence electrons. The molecule has 2 aromatic rings. The van der Waals surface area contributed by atoms with Crippen LogP contribution in [0.1, 0.15) is 18.2 Å². The highest BCUT2D eigenvalue weighted by Crippen LogP contribution is 2.21. The van der Waals surface area contributed by atoms with E-state index in [0.717, 1.165) is 11.3 Å². The number of hydrogen-bond acceptors (Lipinski definition) is 4. The normalized spacial score (nSPS) is 11.8. The molecule has 1 N–H and O–H groups in total. The van der Waals surface area contributed by atoms with Gasteiger partial charge in [-0.2, -0.15) is 10.2 Å². The summed E-state index contributed by atoms with van der Waals surface area (Å²) in [6.07, 6.45) is 2.84. The third kappa shape index (κ3) is 2.48. The second kappa shape index (κ2) is 4.69. The van der Waals surface area contributed by atoms with Gasteiger partial charge >= 0.3 is 0 Å². The Bertz CT molecular complexity index is 699. The number of rotatable bonds is 4. The Balaban J connectivity index is 2.36. The molecule has 19 heavy (non-hydrogen) atoms. The van der Waals surface area contributed by atoms with E-state index in [1.807, 2.05) is 20.8 Å². The number of aromatic nitrogens is 4. The van der Waals surface area contributed by atoms with E-state index in [0.29, 0.717) is 12.4 Å². The molecule has 0 saturated heterocycles. The number of sulfonamides is 1. The van der Waals surface area contributed by atoms with E-state index in [1.54, 1.807) is 11.7 Å². The SMILES string of the molecule is CCn1cc(S(=O)(=O)Nc2c(C)c(C)nn2C)cn1. The first kappa shape index (κ1) is 13.6. The molecule has 0 fully saturated rings. The molecule has 2 heterocycles. The van der Waals surface area contributed by atoms with Gasteiger partial charge < -0.3 is 0 Å². The minimum Gasteiger partial charge on any atom is -0.272 e. The molecular formula is C11H17N5O2S. The smallest absolute Gasteiger partial charge is 0.266 e. The number of anilines is 1. The highest BCUT2D eigenvalue weighted by molar-refractivity contribution is 7.92. The summed E-state index contributed by atoms with van der Waals surface area (Å²) in [5, 5.41) is 8.15. The van der Waals surface area contributed by atoms with Crippen LogP contribution in [0.2, 0.25) is 0 Å². The zero-order valence-electron chi connectivity index (χ0n) is 11.4. The largest absolute Gasteiger partial charge is 0.272 e. The van der Waals surface area contributed by atoms with Crippen molar-refractivity contribution in [1.29, 1.82) is 0 Å². The van der Waals surface area contributed by atoms with Crippen molar-refractivity contribution in [2.24, 2.45) is 7.05 Å². The molecule has 0 spiro atoms. The van der Waals surface area contributed by atoms with Crippen molar-refractivity contribution in [3.8, 4) is 0 Å². The van der Waals surface area contributed by atoms with E-state index in [4.69, 9.17) is 0 Å². The van der Waals surface area contributed by atoms with Crippen molar-refractivity contribution < 1.29 is 8.42 Å². The summed E-state index contributed by atoms with van der Waals surface area (Å²) in [4.78, 5) is 0.146. The zero-order chi connectivity index (χ0) is 14.2. The van der Waals surface area contributed by atoms with Gasteiger partial charge in [-0.15, -0.1) is 0 Å². The van der Waals surface area contributed by atoms with Crippen molar-refractivity contribution in [2.45, 2.75) is 32.2 Å². The summed E-state index contributed by atoms with van der Waals surface area (Å²) in [6, 6.07) is 0. The molecule has 0 radical (unpaired) electrons. The Kier molecular flexibility index (Phi) is 3.36. The standard InChI is InChI=1S/C11H17N5O2S/c1-5-16-7-10(6-12-16)19(17,18)14-11-8(2)9(3)13-15(11)4/h6-7,14H,5H2,1-4H3. The summed E-state index contributed by atoms with van der Waals surface area (Å²) in [5.74, 6) is 0.474. The maximum absolute atomic E-state index is 12.2. The molecule has 0 bridgehead atoms. The van der Waals surface area contributed by atoms with E-state index in [1.165, 1.54) is 17.1 Å². The van der Waals surface area contributed by atoms with Crippen LogP contribution in [-0.4, -0.2) is 28.0 Å². The van der Waals surface area contributed by atoms with E-state index >= 15 is 0 Å². The van der Waals surface area contributed by atoms with Gasteiger partial charge in [-0.05, 0) is 20.8 Å². The Morgan fingerprint density at radius 3 is 2.53 bits per heavy atom. The molecule has 0 aliphatic heterocycles. The summed E-state index contributed by atoms with van der Waals surface area (Å²) < 4.78 is 30.1. The molecule has 0 aromatic carbocycles. The van der Waals surface area contributed by atoms with E-state index in [-0.39, 0.29) is 4.90 Å². The molecule has 0 aliphatic rings. The van der Waals surface area contributed by atoms with Crippen LogP contribution >= 0.6 is 0 Å². The number of nitrogens with zero attached hydrogens (tertiary/aromatic N) is 4. The van der Waals surface area contributed by atoms with Gasteiger partial charge in [0.2, 0.25) is 0 Å². The van der Waals surface area contributed by atoms with Crippen LogP contribution < -0.4 is 4.72 Å². The first-order valence-corrected chi connectivity index (χ1v) is 7.39. The maximum atomic E-state index is 12.2. The molecule has 2 rings (SSSR count). The van der Waals surface area contributed by atoms with Crippen LogP contribution in [0.25, 0.3) is 0 Å². The predicted octanol–water partition coefficient (Wildman–Crippen LogP) is 1.05. The Labute approximate surface area is 112 Å². The van der Waals surface area contributed by atoms with Crippen LogP contribution in [0.4, 0.5) is 5.82 Å². The molecule has 2 aromatic heterocycles. The van der Waals surface area contributed by atoms with E-state index in [2.05, 4.69) is 14.9 Å². The minimum absolute atomic E-state index is 0.146. The highest BCUT2D eigenvalue weighted by Gasteiger charge is 2.20. The van der Waals surface area contributed by atoms with Gasteiger partial charge in [0, 0.05) is 25.4 Å². The third-order valence-corrected chi connectivity index (χ3v) is 4.29. The fraction of sp³-hybridized carbons (Fsp3) is 0.455. The van der Waals surface area contributed by atoms with Crippen molar-refractivity contribution in [3.05, 3.63) is 23.7 Å². The average molecular weight is 283 g/mol. The molecular weight excluding hydrogens is 266 g/mol. The third-order valence-electron chi connectivity index (χ3n) is 3.00. The first-order valence-electron chi connectivity index (χ1n) is 5.90. The summed E-state index contributed by atoms with van der Waals surface area (Å²) >= 11 is 0. The van der Waals surface area contributed by atoms with Gasteiger partial charge in [0.1, 0.15) is 10.7 Å². The summed E-state index contributed by atoms with van der Waals surface area (Å²) in [5.41, 5.74) is 1.61. The Morgan fingerprint density at radius 1 is 1.37 bits per heavy atom. The van der Waals surface area contributed by atoms with Gasteiger partial charge in [-0.25, -0.2) is 8.42 Å². The fourth-order valence-corrected chi connectivity index (χ4v) is 2.85. The molecule has 8 heteroatoms. The Hall–Kier alpha value is -1.83. The lowest BCUT2D eigenvalue weighted by Crippen LogP contribution is -2.15. The number of aryl methyl sites for hydroxylation is 3. The quantitative estimate of drug-likeness (QED) is 0.909. The van der Waals surface area contributed by atoms with E-state index in [9.17, 15) is 8.42 Å². The van der Waals surface area contributed by atoms with E-state index < -0.39 is 10.0 Å². The zero-order valence-corrected chi connectivity index (χ0v) is 12.2. The maximum Gasteiger partial charge on any atom is 0.266 e. The van der Waals surface area contributed by atoms with Crippen molar-refractivity contribution >= 4 is 15.8 Å². The number of hydrogen-bond donors (Lipinski definition) is 1. The lowest BCUT2D eigenvalue weighted by molar-refractivity contribution is 0.599. The van der Waals surface area contributed by atoms with Crippen LogP contribution in [-0.2, 0) is 23.6 Å². The molecule has 0 amide bonds. The lowest BCUT2D eigenvalue weighted by Gasteiger charge is -2.07. The van der Waals surface area contributed by atoms with Gasteiger partial charge in [0.05, 0.1) is 11.9 Å². The van der Waals surface area contributed by atoms with Crippen LogP contribution in [0.5, 0.6) is 0 Å². The first-order chi connectivity index (χ1) is 8.85. The summed E-state index contributed by atoms with van der Waals surface area (Å²) in [7, 11) is -1.93. The van der Waals surface area contributed by atoms with Crippen molar-refractivity contribution in [2.75, 3.05) is 4.72 Å². The second-order valence-corrected chi connectivity index (χ2v) is 6.00. The van der Waals surface area contributed by atoms with Gasteiger partial charge in [0.25, 0.3) is 10.0 Å². The highest BCUT2D eigenvalue weighted by atomic mass is 32.2. The Morgan fingerprint density at radius 2 is 2.05 bits per heavy atom. The summed E-state index contributed by atoms with van der Waals surface area (Å²) in [6.45, 7) is 6.18. The topological polar surface area (TPSA) is 81.8 Å². The predicted molar refractivity (Wildman–Crippen MR) is 71.4 cm³/mol. The molecule has 0 saturated carbocycles. The molecule has 0 atom stereocenters. The lowest BCUT2D eigenvalue weighted by atomic mass is 10.3. The van der Waals surface area contributed by atoms with Gasteiger partial charge in [0.15, 0.2) is 0 Å². The molecule has 0 unspecified atom stereocenters. The second-order valence-electron chi connectivity index (χ2n) is 4.32.